The van der Waals surface area contributed by atoms with Crippen molar-refractivity contribution in [1.82, 2.24) is 0 Å². The summed E-state index contributed by atoms with van der Waals surface area (Å²) in [5.41, 5.74) is 1.12. The third-order valence-electron chi connectivity index (χ3n) is 1.90. The van der Waals surface area contributed by atoms with E-state index in [1.54, 1.807) is 24.3 Å². The van der Waals surface area contributed by atoms with Crippen LogP contribution in [0, 0.1) is 0 Å². The topological polar surface area (TPSA) is 55.4 Å². The Hall–Kier alpha value is -1.81. The summed E-state index contributed by atoms with van der Waals surface area (Å²) in [6, 6.07) is 6.48. The van der Waals surface area contributed by atoms with Crippen LogP contribution in [0.5, 0.6) is 0 Å². The van der Waals surface area contributed by atoms with Crippen LogP contribution in [0.15, 0.2) is 35.9 Å². The van der Waals surface area contributed by atoms with Gasteiger partial charge in [-0.15, -0.1) is 0 Å². The van der Waals surface area contributed by atoms with Gasteiger partial charge in [-0.3, -0.25) is 10.1 Å². The number of ether oxygens (including phenoxy) is 1. The lowest BCUT2D eigenvalue weighted by atomic mass is 10.1. The van der Waals surface area contributed by atoms with Crippen molar-refractivity contribution in [3.8, 4) is 0 Å². The molecule has 0 heterocycles. The Morgan fingerprint density at radius 1 is 1.35 bits per heavy atom. The SMILES string of the molecule is C=C(Cl)COC(=O)Nc1ccc(C(C)=O)cc1. The molecule has 0 spiro atoms. The molecule has 0 aliphatic rings. The molecule has 0 aliphatic carbocycles. The van der Waals surface area contributed by atoms with Crippen molar-refractivity contribution in [2.45, 2.75) is 6.92 Å². The van der Waals surface area contributed by atoms with Crippen LogP contribution in [0.25, 0.3) is 0 Å². The van der Waals surface area contributed by atoms with Crippen LogP contribution in [-0.2, 0) is 4.74 Å². The van der Waals surface area contributed by atoms with E-state index in [1.165, 1.54) is 6.92 Å². The second-order valence-electron chi connectivity index (χ2n) is 3.35. The van der Waals surface area contributed by atoms with Crippen molar-refractivity contribution in [1.29, 1.82) is 0 Å². The number of ketones is 1. The number of rotatable bonds is 4. The molecule has 4 nitrogen and oxygen atoms in total. The molecule has 0 unspecified atom stereocenters. The zero-order valence-electron chi connectivity index (χ0n) is 9.33. The minimum absolute atomic E-state index is 0.0300. The summed E-state index contributed by atoms with van der Waals surface area (Å²) in [7, 11) is 0. The highest BCUT2D eigenvalue weighted by Gasteiger charge is 2.04. The summed E-state index contributed by atoms with van der Waals surface area (Å²) >= 11 is 5.44. The molecule has 0 radical (unpaired) electrons. The maximum Gasteiger partial charge on any atom is 0.411 e. The Labute approximate surface area is 104 Å². The van der Waals surface area contributed by atoms with Gasteiger partial charge in [0.15, 0.2) is 5.78 Å². The van der Waals surface area contributed by atoms with Crippen molar-refractivity contribution in [2.24, 2.45) is 0 Å². The summed E-state index contributed by atoms with van der Waals surface area (Å²) in [4.78, 5) is 22.3. The predicted molar refractivity (Wildman–Crippen MR) is 66.4 cm³/mol. The summed E-state index contributed by atoms with van der Waals surface area (Å²) in [5, 5.41) is 2.73. The van der Waals surface area contributed by atoms with Gasteiger partial charge >= 0.3 is 6.09 Å². The molecule has 1 aromatic rings. The average Bonchev–Trinajstić information content (AvgIpc) is 2.27. The summed E-state index contributed by atoms with van der Waals surface area (Å²) < 4.78 is 4.74. The quantitative estimate of drug-likeness (QED) is 0.839. The first-order chi connectivity index (χ1) is 7.99. The lowest BCUT2D eigenvalue weighted by molar-refractivity contribution is 0.101. The largest absolute Gasteiger partial charge is 0.444 e. The van der Waals surface area contributed by atoms with E-state index in [0.717, 1.165) is 0 Å². The van der Waals surface area contributed by atoms with E-state index < -0.39 is 6.09 Å². The number of nitrogens with one attached hydrogen (secondary N) is 1. The molecule has 0 saturated heterocycles. The number of hydrogen-bond donors (Lipinski definition) is 1. The number of carbonyl (C=O) groups is 2. The highest BCUT2D eigenvalue weighted by atomic mass is 35.5. The predicted octanol–water partition coefficient (Wildman–Crippen LogP) is 3.19. The molecule has 0 aromatic heterocycles. The van der Waals surface area contributed by atoms with E-state index in [9.17, 15) is 9.59 Å². The van der Waals surface area contributed by atoms with Gasteiger partial charge in [-0.05, 0) is 31.2 Å². The van der Waals surface area contributed by atoms with E-state index in [-0.39, 0.29) is 17.4 Å². The van der Waals surface area contributed by atoms with Gasteiger partial charge in [-0.25, -0.2) is 4.79 Å². The van der Waals surface area contributed by atoms with E-state index in [4.69, 9.17) is 16.3 Å². The monoisotopic (exact) mass is 253 g/mol. The van der Waals surface area contributed by atoms with Crippen molar-refractivity contribution < 1.29 is 14.3 Å². The highest BCUT2D eigenvalue weighted by molar-refractivity contribution is 6.29. The number of Topliss-reactive ketones (excluding diaryl/α,β-unsaturated/α-hetero) is 1. The molecular formula is C12H12ClNO3. The molecule has 1 N–H and O–H groups in total. The lowest BCUT2D eigenvalue weighted by Crippen LogP contribution is -2.14. The standard InChI is InChI=1S/C12H12ClNO3/c1-8(13)7-17-12(16)14-11-5-3-10(4-6-11)9(2)15/h3-6H,1,7H2,2H3,(H,14,16). The minimum Gasteiger partial charge on any atom is -0.444 e. The minimum atomic E-state index is -0.623. The fourth-order valence-corrected chi connectivity index (χ4v) is 1.14. The maximum absolute atomic E-state index is 11.2. The van der Waals surface area contributed by atoms with Crippen LogP contribution in [0.1, 0.15) is 17.3 Å². The molecule has 17 heavy (non-hydrogen) atoms. The molecule has 0 bridgehead atoms. The number of amides is 1. The number of anilines is 1. The van der Waals surface area contributed by atoms with Crippen LogP contribution in [0.4, 0.5) is 10.5 Å². The van der Waals surface area contributed by atoms with Gasteiger partial charge in [0, 0.05) is 16.3 Å². The van der Waals surface area contributed by atoms with E-state index >= 15 is 0 Å². The molecule has 1 rings (SSSR count). The highest BCUT2D eigenvalue weighted by Crippen LogP contribution is 2.10. The normalized spacial score (nSPS) is 9.53. The van der Waals surface area contributed by atoms with E-state index in [2.05, 4.69) is 11.9 Å². The molecular weight excluding hydrogens is 242 g/mol. The van der Waals surface area contributed by atoms with Crippen molar-refractivity contribution >= 4 is 29.2 Å². The Morgan fingerprint density at radius 3 is 2.41 bits per heavy atom. The first-order valence-corrected chi connectivity index (χ1v) is 5.25. The Morgan fingerprint density at radius 2 is 1.94 bits per heavy atom. The molecule has 0 atom stereocenters. The Balaban J connectivity index is 2.54. The fourth-order valence-electron chi connectivity index (χ4n) is 1.09. The van der Waals surface area contributed by atoms with Crippen LogP contribution in [0.3, 0.4) is 0 Å². The first kappa shape index (κ1) is 13.3. The zero-order chi connectivity index (χ0) is 12.8. The number of halogens is 1. The molecule has 0 fully saturated rings. The average molecular weight is 254 g/mol. The van der Waals surface area contributed by atoms with Gasteiger partial charge in [-0.2, -0.15) is 0 Å². The van der Waals surface area contributed by atoms with E-state index in [0.29, 0.717) is 11.3 Å². The van der Waals surface area contributed by atoms with Gasteiger partial charge < -0.3 is 4.74 Å². The third kappa shape index (κ3) is 4.70. The van der Waals surface area contributed by atoms with Crippen LogP contribution < -0.4 is 5.32 Å². The molecule has 0 aliphatic heterocycles. The van der Waals surface area contributed by atoms with Crippen molar-refractivity contribution in [2.75, 3.05) is 11.9 Å². The molecule has 1 amide bonds. The summed E-state index contributed by atoms with van der Waals surface area (Å²) in [6.45, 7) is 4.82. The van der Waals surface area contributed by atoms with E-state index in [1.807, 2.05) is 0 Å². The van der Waals surface area contributed by atoms with Gasteiger partial charge in [0.1, 0.15) is 6.61 Å². The fraction of sp³-hybridized carbons (Fsp3) is 0.167. The smallest absolute Gasteiger partial charge is 0.411 e. The third-order valence-corrected chi connectivity index (χ3v) is 2.01. The molecule has 5 heteroatoms. The Bertz CT molecular complexity index is 440. The van der Waals surface area contributed by atoms with Crippen molar-refractivity contribution in [3.63, 3.8) is 0 Å². The van der Waals surface area contributed by atoms with Gasteiger partial charge in [0.25, 0.3) is 0 Å². The second kappa shape index (κ2) is 6.06. The van der Waals surface area contributed by atoms with Crippen molar-refractivity contribution in [3.05, 3.63) is 41.4 Å². The van der Waals surface area contributed by atoms with Gasteiger partial charge in [0.05, 0.1) is 0 Å². The second-order valence-corrected chi connectivity index (χ2v) is 3.89. The van der Waals surface area contributed by atoms with Crippen LogP contribution in [0.2, 0.25) is 0 Å². The Kier molecular flexibility index (Phi) is 4.72. The summed E-state index contributed by atoms with van der Waals surface area (Å²) in [5.74, 6) is -0.0300. The number of benzene rings is 1. The van der Waals surface area contributed by atoms with Gasteiger partial charge in [-0.1, -0.05) is 18.2 Å². The number of hydrogen-bond acceptors (Lipinski definition) is 3. The maximum atomic E-state index is 11.2. The molecule has 1 aromatic carbocycles. The van der Waals surface area contributed by atoms with Gasteiger partial charge in [0.2, 0.25) is 0 Å². The summed E-state index contributed by atoms with van der Waals surface area (Å²) in [6.07, 6.45) is -0.623. The number of carbonyl (C=O) groups excluding carboxylic acids is 2. The molecule has 0 saturated carbocycles. The molecule has 90 valence electrons. The lowest BCUT2D eigenvalue weighted by Gasteiger charge is -2.06. The van der Waals surface area contributed by atoms with Crippen LogP contribution in [-0.4, -0.2) is 18.5 Å². The zero-order valence-corrected chi connectivity index (χ0v) is 10.1. The van der Waals surface area contributed by atoms with Crippen LogP contribution >= 0.6 is 11.6 Å². The first-order valence-electron chi connectivity index (χ1n) is 4.87.